The normalized spacial score (nSPS) is 14.2. The van der Waals surface area contributed by atoms with Gasteiger partial charge in [-0.3, -0.25) is 4.99 Å². The van der Waals surface area contributed by atoms with Gasteiger partial charge in [0.15, 0.2) is 11.1 Å². The number of aromatic nitrogens is 2. The highest BCUT2D eigenvalue weighted by Crippen LogP contribution is 2.29. The first kappa shape index (κ1) is 18.4. The van der Waals surface area contributed by atoms with Crippen LogP contribution in [0.1, 0.15) is 24.1 Å². The molecule has 8 heteroatoms. The molecule has 0 amide bonds. The van der Waals surface area contributed by atoms with Crippen molar-refractivity contribution in [3.63, 3.8) is 0 Å². The topological polar surface area (TPSA) is 74.7 Å². The zero-order valence-corrected chi connectivity index (χ0v) is 16.3. The summed E-state index contributed by atoms with van der Waals surface area (Å²) in [6.45, 7) is 2.06. The summed E-state index contributed by atoms with van der Waals surface area (Å²) in [4.78, 5) is 15.1. The first-order chi connectivity index (χ1) is 12.6. The molecular formula is C18H26N6OS. The maximum Gasteiger partial charge on any atom is 0.213 e. The number of ether oxygens (including phenoxy) is 1. The van der Waals surface area contributed by atoms with Crippen molar-refractivity contribution in [3.05, 3.63) is 35.0 Å². The Balaban J connectivity index is 1.46. The Kier molecular flexibility index (Phi) is 6.27. The average Bonchev–Trinajstić information content (AvgIpc) is 3.36. The Labute approximate surface area is 158 Å². The molecule has 2 aromatic rings. The molecule has 0 aromatic carbocycles. The molecule has 1 aliphatic rings. The second kappa shape index (κ2) is 8.84. The van der Waals surface area contributed by atoms with Crippen LogP contribution in [0.4, 0.5) is 5.13 Å². The van der Waals surface area contributed by atoms with E-state index in [4.69, 9.17) is 4.74 Å². The average molecular weight is 375 g/mol. The van der Waals surface area contributed by atoms with Gasteiger partial charge >= 0.3 is 0 Å². The predicted octanol–water partition coefficient (Wildman–Crippen LogP) is 2.26. The van der Waals surface area contributed by atoms with E-state index in [1.54, 1.807) is 24.6 Å². The number of hydrogen-bond donors (Lipinski definition) is 2. The van der Waals surface area contributed by atoms with Gasteiger partial charge in [0.05, 0.1) is 18.8 Å². The van der Waals surface area contributed by atoms with Crippen LogP contribution in [0.25, 0.3) is 0 Å². The fourth-order valence-electron chi connectivity index (χ4n) is 2.29. The summed E-state index contributed by atoms with van der Waals surface area (Å²) in [5.74, 6) is 2.15. The summed E-state index contributed by atoms with van der Waals surface area (Å²) >= 11 is 1.63. The zero-order valence-electron chi connectivity index (χ0n) is 15.5. The van der Waals surface area contributed by atoms with Crippen LogP contribution < -0.4 is 20.3 Å². The van der Waals surface area contributed by atoms with E-state index in [1.807, 2.05) is 31.1 Å². The van der Waals surface area contributed by atoms with Crippen LogP contribution in [0.2, 0.25) is 0 Å². The lowest BCUT2D eigenvalue weighted by Gasteiger charge is -2.12. The van der Waals surface area contributed by atoms with E-state index >= 15 is 0 Å². The van der Waals surface area contributed by atoms with Gasteiger partial charge in [0, 0.05) is 45.3 Å². The van der Waals surface area contributed by atoms with Crippen molar-refractivity contribution in [2.75, 3.05) is 32.6 Å². The van der Waals surface area contributed by atoms with E-state index in [-0.39, 0.29) is 0 Å². The largest absolute Gasteiger partial charge is 0.477 e. The van der Waals surface area contributed by atoms with Crippen LogP contribution in [-0.4, -0.2) is 43.7 Å². The van der Waals surface area contributed by atoms with Crippen molar-refractivity contribution < 1.29 is 4.74 Å². The number of rotatable bonds is 8. The molecular weight excluding hydrogens is 348 g/mol. The smallest absolute Gasteiger partial charge is 0.213 e. The summed E-state index contributed by atoms with van der Waals surface area (Å²) in [7, 11) is 5.75. The van der Waals surface area contributed by atoms with Gasteiger partial charge < -0.3 is 20.3 Å². The van der Waals surface area contributed by atoms with E-state index in [0.29, 0.717) is 19.0 Å². The molecule has 0 spiro atoms. The molecule has 2 heterocycles. The lowest BCUT2D eigenvalue weighted by Crippen LogP contribution is -2.36. The first-order valence-corrected chi connectivity index (χ1v) is 9.66. The monoisotopic (exact) mass is 374 g/mol. The van der Waals surface area contributed by atoms with Gasteiger partial charge in [-0.25, -0.2) is 9.97 Å². The summed E-state index contributed by atoms with van der Waals surface area (Å²) in [6.07, 6.45) is 4.34. The number of pyridine rings is 1. The first-order valence-electron chi connectivity index (χ1n) is 8.78. The van der Waals surface area contributed by atoms with Crippen molar-refractivity contribution in [1.82, 2.24) is 20.6 Å². The highest BCUT2D eigenvalue weighted by Gasteiger charge is 2.22. The van der Waals surface area contributed by atoms with Crippen LogP contribution in [0.3, 0.4) is 0 Å². The van der Waals surface area contributed by atoms with Crippen LogP contribution in [0.5, 0.6) is 5.88 Å². The molecule has 1 saturated carbocycles. The van der Waals surface area contributed by atoms with Gasteiger partial charge in [-0.2, -0.15) is 0 Å². The Morgan fingerprint density at radius 2 is 2.15 bits per heavy atom. The maximum absolute atomic E-state index is 5.73. The molecule has 2 N–H and O–H groups in total. The second-order valence-electron chi connectivity index (χ2n) is 6.55. The Morgan fingerprint density at radius 1 is 1.35 bits per heavy atom. The molecule has 0 unspecified atom stereocenters. The molecule has 3 rings (SSSR count). The minimum atomic E-state index is 0.635. The summed E-state index contributed by atoms with van der Waals surface area (Å²) in [5.41, 5.74) is 2.11. The SMILES string of the molecule is CN=C(NCc1ccnc(OCC2CC2)c1)NCc1csc(N(C)C)n1. The Bertz CT molecular complexity index is 741. The van der Waals surface area contributed by atoms with E-state index < -0.39 is 0 Å². The van der Waals surface area contributed by atoms with Gasteiger partial charge in [0.25, 0.3) is 0 Å². The zero-order chi connectivity index (χ0) is 18.4. The van der Waals surface area contributed by atoms with Gasteiger partial charge in [-0.15, -0.1) is 11.3 Å². The van der Waals surface area contributed by atoms with Crippen LogP contribution in [0, 0.1) is 5.92 Å². The summed E-state index contributed by atoms with van der Waals surface area (Å²) in [6, 6.07) is 3.96. The lowest BCUT2D eigenvalue weighted by atomic mass is 10.2. The molecule has 0 bridgehead atoms. The fraction of sp³-hybridized carbons (Fsp3) is 0.500. The van der Waals surface area contributed by atoms with Crippen molar-refractivity contribution >= 4 is 22.4 Å². The fourth-order valence-corrected chi connectivity index (χ4v) is 3.05. The van der Waals surface area contributed by atoms with Crippen LogP contribution in [0.15, 0.2) is 28.7 Å². The number of thiazole rings is 1. The number of anilines is 1. The number of guanidine groups is 1. The Morgan fingerprint density at radius 3 is 2.85 bits per heavy atom. The number of aliphatic imine (C=N–C) groups is 1. The molecule has 1 aliphatic carbocycles. The van der Waals surface area contributed by atoms with Crippen molar-refractivity contribution in [1.29, 1.82) is 0 Å². The number of hydrogen-bond acceptors (Lipinski definition) is 6. The van der Waals surface area contributed by atoms with Gasteiger partial charge in [0.2, 0.25) is 5.88 Å². The highest BCUT2D eigenvalue weighted by atomic mass is 32.1. The van der Waals surface area contributed by atoms with Crippen molar-refractivity contribution in [3.8, 4) is 5.88 Å². The molecule has 1 fully saturated rings. The minimum Gasteiger partial charge on any atom is -0.477 e. The maximum atomic E-state index is 5.73. The molecule has 140 valence electrons. The van der Waals surface area contributed by atoms with Crippen LogP contribution >= 0.6 is 11.3 Å². The van der Waals surface area contributed by atoms with Gasteiger partial charge in [-0.1, -0.05) is 0 Å². The van der Waals surface area contributed by atoms with Gasteiger partial charge in [-0.05, 0) is 30.4 Å². The quantitative estimate of drug-likeness (QED) is 0.545. The molecule has 0 atom stereocenters. The molecule has 2 aromatic heterocycles. The summed E-state index contributed by atoms with van der Waals surface area (Å²) < 4.78 is 5.73. The highest BCUT2D eigenvalue weighted by molar-refractivity contribution is 7.13. The van der Waals surface area contributed by atoms with E-state index in [1.165, 1.54) is 12.8 Å². The second-order valence-corrected chi connectivity index (χ2v) is 7.39. The summed E-state index contributed by atoms with van der Waals surface area (Å²) in [5, 5.41) is 9.66. The van der Waals surface area contributed by atoms with Crippen molar-refractivity contribution in [2.45, 2.75) is 25.9 Å². The number of nitrogens with one attached hydrogen (secondary N) is 2. The number of nitrogens with zero attached hydrogens (tertiary/aromatic N) is 4. The van der Waals surface area contributed by atoms with E-state index in [9.17, 15) is 0 Å². The predicted molar refractivity (Wildman–Crippen MR) is 106 cm³/mol. The lowest BCUT2D eigenvalue weighted by molar-refractivity contribution is 0.288. The molecule has 26 heavy (non-hydrogen) atoms. The standard InChI is InChI=1S/C18H26N6OS/c1-19-17(22-10-15-12-26-18(23-15)24(2)3)21-9-14-6-7-20-16(8-14)25-11-13-4-5-13/h6-8,12-13H,4-5,9-11H2,1-3H3,(H2,19,21,22). The van der Waals surface area contributed by atoms with Gasteiger partial charge in [0.1, 0.15) is 0 Å². The van der Waals surface area contributed by atoms with E-state index in [2.05, 4.69) is 31.0 Å². The third kappa shape index (κ3) is 5.59. The molecule has 0 saturated heterocycles. The minimum absolute atomic E-state index is 0.635. The van der Waals surface area contributed by atoms with E-state index in [0.717, 1.165) is 34.9 Å². The third-order valence-electron chi connectivity index (χ3n) is 4.01. The Hall–Kier alpha value is -2.35. The molecule has 0 radical (unpaired) electrons. The van der Waals surface area contributed by atoms with Crippen molar-refractivity contribution in [2.24, 2.45) is 10.9 Å². The van der Waals surface area contributed by atoms with Crippen LogP contribution in [-0.2, 0) is 13.1 Å². The molecule has 7 nitrogen and oxygen atoms in total. The third-order valence-corrected chi connectivity index (χ3v) is 5.06. The molecule has 0 aliphatic heterocycles.